The van der Waals surface area contributed by atoms with Crippen LogP contribution in [0.15, 0.2) is 0 Å². The fourth-order valence-corrected chi connectivity index (χ4v) is 4.16. The van der Waals surface area contributed by atoms with Crippen molar-refractivity contribution >= 4 is 0 Å². The van der Waals surface area contributed by atoms with Crippen LogP contribution in [0.1, 0.15) is 65.2 Å². The van der Waals surface area contributed by atoms with Gasteiger partial charge in [-0.2, -0.15) is 0 Å². The number of nitrogens with zero attached hydrogens (tertiary/aromatic N) is 1. The van der Waals surface area contributed by atoms with Gasteiger partial charge in [-0.05, 0) is 58.0 Å². The highest BCUT2D eigenvalue weighted by molar-refractivity contribution is 5.00. The fourth-order valence-electron chi connectivity index (χ4n) is 4.16. The average molecular weight is 253 g/mol. The van der Waals surface area contributed by atoms with Crippen molar-refractivity contribution in [3.05, 3.63) is 0 Å². The maximum Gasteiger partial charge on any atom is 0.0420 e. The lowest BCUT2D eigenvalue weighted by molar-refractivity contribution is 0.0470. The van der Waals surface area contributed by atoms with E-state index in [-0.39, 0.29) is 5.54 Å². The molecule has 2 rings (SSSR count). The van der Waals surface area contributed by atoms with Gasteiger partial charge in [0, 0.05) is 11.6 Å². The molecule has 106 valence electrons. The van der Waals surface area contributed by atoms with Crippen LogP contribution in [-0.2, 0) is 0 Å². The molecule has 0 radical (unpaired) electrons. The number of nitrogens with two attached hydrogens (primary N) is 1. The molecule has 2 fully saturated rings. The number of hydrogen-bond acceptors (Lipinski definition) is 3. The minimum atomic E-state index is 0.243. The molecule has 0 aromatic carbocycles. The van der Waals surface area contributed by atoms with Gasteiger partial charge in [0.2, 0.25) is 0 Å². The normalized spacial score (nSPS) is 28.2. The summed E-state index contributed by atoms with van der Waals surface area (Å²) >= 11 is 0. The molecule has 0 amide bonds. The van der Waals surface area contributed by atoms with Crippen LogP contribution in [0.25, 0.3) is 0 Å². The SMILES string of the molecule is CCC(C)(C(NN)C1CCCCC1)N1CCCC1. The first-order valence-electron chi connectivity index (χ1n) is 7.93. The summed E-state index contributed by atoms with van der Waals surface area (Å²) in [7, 11) is 0. The van der Waals surface area contributed by atoms with E-state index < -0.39 is 0 Å². The van der Waals surface area contributed by atoms with Crippen LogP contribution in [0.3, 0.4) is 0 Å². The number of nitrogens with one attached hydrogen (secondary N) is 1. The molecule has 1 heterocycles. The van der Waals surface area contributed by atoms with Gasteiger partial charge < -0.3 is 0 Å². The molecule has 18 heavy (non-hydrogen) atoms. The largest absolute Gasteiger partial charge is 0.296 e. The molecule has 1 aliphatic heterocycles. The Morgan fingerprint density at radius 1 is 1.17 bits per heavy atom. The van der Waals surface area contributed by atoms with Crippen LogP contribution in [0, 0.1) is 5.92 Å². The number of likely N-dealkylation sites (tertiary alicyclic amines) is 1. The Labute approximate surface area is 112 Å². The summed E-state index contributed by atoms with van der Waals surface area (Å²) < 4.78 is 0. The Morgan fingerprint density at radius 3 is 2.28 bits per heavy atom. The van der Waals surface area contributed by atoms with E-state index in [9.17, 15) is 0 Å². The van der Waals surface area contributed by atoms with Crippen LogP contribution in [0.4, 0.5) is 0 Å². The summed E-state index contributed by atoms with van der Waals surface area (Å²) in [6, 6.07) is 0.459. The van der Waals surface area contributed by atoms with E-state index in [2.05, 4.69) is 24.2 Å². The molecule has 3 heteroatoms. The van der Waals surface area contributed by atoms with Crippen molar-refractivity contribution in [2.75, 3.05) is 13.1 Å². The van der Waals surface area contributed by atoms with Crippen LogP contribution in [-0.4, -0.2) is 29.6 Å². The maximum absolute atomic E-state index is 5.96. The monoisotopic (exact) mass is 253 g/mol. The van der Waals surface area contributed by atoms with Crippen LogP contribution < -0.4 is 11.3 Å². The Kier molecular flexibility index (Phi) is 5.05. The first kappa shape index (κ1) is 14.3. The van der Waals surface area contributed by atoms with Crippen molar-refractivity contribution in [2.45, 2.75) is 76.8 Å². The molecule has 0 aromatic rings. The van der Waals surface area contributed by atoms with Crippen molar-refractivity contribution in [1.82, 2.24) is 10.3 Å². The standard InChI is InChI=1S/C15H31N3/c1-3-15(2,18-11-7-8-12-18)14(17-16)13-9-5-4-6-10-13/h13-14,17H,3-12,16H2,1-2H3. The third-order valence-electron chi connectivity index (χ3n) is 5.52. The van der Waals surface area contributed by atoms with E-state index >= 15 is 0 Å². The van der Waals surface area contributed by atoms with Gasteiger partial charge in [0.25, 0.3) is 0 Å². The zero-order chi connectivity index (χ0) is 13.0. The fraction of sp³-hybridized carbons (Fsp3) is 1.00. The van der Waals surface area contributed by atoms with Gasteiger partial charge in [-0.15, -0.1) is 0 Å². The summed E-state index contributed by atoms with van der Waals surface area (Å²) in [5.74, 6) is 6.73. The zero-order valence-corrected chi connectivity index (χ0v) is 12.3. The summed E-state index contributed by atoms with van der Waals surface area (Å²) in [5.41, 5.74) is 3.44. The number of hydrogen-bond donors (Lipinski definition) is 2. The topological polar surface area (TPSA) is 41.3 Å². The van der Waals surface area contributed by atoms with Crippen molar-refractivity contribution in [2.24, 2.45) is 11.8 Å². The molecule has 2 unspecified atom stereocenters. The molecule has 2 atom stereocenters. The Balaban J connectivity index is 2.10. The summed E-state index contributed by atoms with van der Waals surface area (Å²) in [5, 5.41) is 0. The lowest BCUT2D eigenvalue weighted by atomic mass is 9.74. The van der Waals surface area contributed by atoms with Crippen LogP contribution in [0.5, 0.6) is 0 Å². The molecule has 3 N–H and O–H groups in total. The predicted molar refractivity (Wildman–Crippen MR) is 77.2 cm³/mol. The van der Waals surface area contributed by atoms with Gasteiger partial charge in [0.1, 0.15) is 0 Å². The molecular formula is C15H31N3. The van der Waals surface area contributed by atoms with E-state index in [4.69, 9.17) is 5.84 Å². The minimum absolute atomic E-state index is 0.243. The summed E-state index contributed by atoms with van der Waals surface area (Å²) in [6.45, 7) is 7.27. The van der Waals surface area contributed by atoms with E-state index in [0.29, 0.717) is 6.04 Å². The van der Waals surface area contributed by atoms with Crippen molar-refractivity contribution < 1.29 is 0 Å². The lowest BCUT2D eigenvalue weighted by Crippen LogP contribution is -2.63. The van der Waals surface area contributed by atoms with E-state index in [0.717, 1.165) is 5.92 Å². The Bertz CT molecular complexity index is 244. The maximum atomic E-state index is 5.96. The first-order chi connectivity index (χ1) is 8.72. The highest BCUT2D eigenvalue weighted by Crippen LogP contribution is 2.36. The lowest BCUT2D eigenvalue weighted by Gasteiger charge is -2.48. The molecule has 2 aliphatic rings. The van der Waals surface area contributed by atoms with Gasteiger partial charge in [0.15, 0.2) is 0 Å². The quantitative estimate of drug-likeness (QED) is 0.584. The molecule has 1 saturated carbocycles. The van der Waals surface area contributed by atoms with Crippen LogP contribution in [0.2, 0.25) is 0 Å². The first-order valence-corrected chi connectivity index (χ1v) is 7.93. The molecular weight excluding hydrogens is 222 g/mol. The van der Waals surface area contributed by atoms with Gasteiger partial charge >= 0.3 is 0 Å². The molecule has 0 aromatic heterocycles. The molecule has 0 bridgehead atoms. The summed E-state index contributed by atoms with van der Waals surface area (Å²) in [6.07, 6.45) is 10.8. The molecule has 1 saturated heterocycles. The summed E-state index contributed by atoms with van der Waals surface area (Å²) in [4.78, 5) is 2.69. The van der Waals surface area contributed by atoms with Gasteiger partial charge in [-0.3, -0.25) is 16.2 Å². The molecule has 0 spiro atoms. The number of rotatable bonds is 5. The van der Waals surface area contributed by atoms with E-state index in [1.54, 1.807) is 0 Å². The molecule has 3 nitrogen and oxygen atoms in total. The second-order valence-electron chi connectivity index (χ2n) is 6.45. The van der Waals surface area contributed by atoms with Gasteiger partial charge in [-0.1, -0.05) is 26.2 Å². The number of hydrazine groups is 1. The van der Waals surface area contributed by atoms with Gasteiger partial charge in [0.05, 0.1) is 0 Å². The van der Waals surface area contributed by atoms with E-state index in [1.807, 2.05) is 0 Å². The predicted octanol–water partition coefficient (Wildman–Crippen LogP) is 2.66. The van der Waals surface area contributed by atoms with Crippen molar-refractivity contribution in [3.63, 3.8) is 0 Å². The third kappa shape index (κ3) is 2.73. The zero-order valence-electron chi connectivity index (χ0n) is 12.3. The van der Waals surface area contributed by atoms with E-state index in [1.165, 1.54) is 64.5 Å². The molecule has 1 aliphatic carbocycles. The second kappa shape index (κ2) is 6.36. The van der Waals surface area contributed by atoms with Crippen molar-refractivity contribution in [1.29, 1.82) is 0 Å². The highest BCUT2D eigenvalue weighted by atomic mass is 15.3. The second-order valence-corrected chi connectivity index (χ2v) is 6.45. The Morgan fingerprint density at radius 2 is 1.78 bits per heavy atom. The minimum Gasteiger partial charge on any atom is -0.296 e. The average Bonchev–Trinajstić information content (AvgIpc) is 2.95. The highest BCUT2D eigenvalue weighted by Gasteiger charge is 2.42. The smallest absolute Gasteiger partial charge is 0.0420 e. The Hall–Kier alpha value is -0.120. The van der Waals surface area contributed by atoms with Gasteiger partial charge in [-0.25, -0.2) is 0 Å². The van der Waals surface area contributed by atoms with Crippen LogP contribution >= 0.6 is 0 Å². The third-order valence-corrected chi connectivity index (χ3v) is 5.52. The van der Waals surface area contributed by atoms with Crippen molar-refractivity contribution in [3.8, 4) is 0 Å².